The fourth-order valence-corrected chi connectivity index (χ4v) is 3.88. The Morgan fingerprint density at radius 3 is 2.58 bits per heavy atom. The highest BCUT2D eigenvalue weighted by molar-refractivity contribution is 7.71. The minimum Gasteiger partial charge on any atom is -0.383 e. The van der Waals surface area contributed by atoms with Crippen molar-refractivity contribution in [2.24, 2.45) is 0 Å². The third-order valence-corrected chi connectivity index (χ3v) is 5.74. The van der Waals surface area contributed by atoms with Crippen LogP contribution in [0.25, 0.3) is 11.4 Å². The Morgan fingerprint density at radius 1 is 1.21 bits per heavy atom. The summed E-state index contributed by atoms with van der Waals surface area (Å²) in [7, 11) is 1.58. The first-order valence-electron chi connectivity index (χ1n) is 10.9. The van der Waals surface area contributed by atoms with Crippen molar-refractivity contribution < 1.29 is 4.74 Å². The Labute approximate surface area is 196 Å². The minimum atomic E-state index is -0.558. The van der Waals surface area contributed by atoms with E-state index in [-0.39, 0.29) is 18.2 Å². The second-order valence-electron chi connectivity index (χ2n) is 7.48. The van der Waals surface area contributed by atoms with Crippen LogP contribution in [0.5, 0.6) is 0 Å². The lowest BCUT2D eigenvalue weighted by molar-refractivity contribution is 0.203. The quantitative estimate of drug-likeness (QED) is 0.403. The number of aromatic amines is 1. The molecular weight excluding hydrogens is 444 g/mol. The third-order valence-electron chi connectivity index (χ3n) is 5.31. The first-order chi connectivity index (χ1) is 15.9. The molecule has 12 heteroatoms. The van der Waals surface area contributed by atoms with E-state index in [1.54, 1.807) is 29.1 Å². The van der Waals surface area contributed by atoms with Crippen LogP contribution in [-0.2, 0) is 24.5 Å². The second-order valence-corrected chi connectivity index (χ2v) is 7.85. The number of nitrogen functional groups attached to an aromatic ring is 1. The van der Waals surface area contributed by atoms with E-state index < -0.39 is 11.2 Å². The highest BCUT2D eigenvalue weighted by Gasteiger charge is 2.21. The van der Waals surface area contributed by atoms with Crippen molar-refractivity contribution in [1.82, 2.24) is 28.9 Å². The molecule has 0 bridgehead atoms. The van der Waals surface area contributed by atoms with Crippen molar-refractivity contribution in [3.63, 3.8) is 0 Å². The van der Waals surface area contributed by atoms with Gasteiger partial charge in [-0.15, -0.1) is 5.10 Å². The van der Waals surface area contributed by atoms with Crippen molar-refractivity contribution in [3.8, 4) is 11.4 Å². The standard InChI is InChI=1S/C21H30N8O3S/c1-4-6-11-28-17(22)16(19(30)24-20(28)31)26(12-13-32-3)14-29-21(33)27(5-2)18(25-29)15-7-9-23-10-8-15/h7-10H,4-6,11-14,22H2,1-3H3,(H,24,30,31). The molecule has 3 aromatic rings. The van der Waals surface area contributed by atoms with Gasteiger partial charge in [-0.25, -0.2) is 9.48 Å². The molecule has 0 radical (unpaired) electrons. The lowest BCUT2D eigenvalue weighted by Gasteiger charge is -2.25. The molecule has 0 aliphatic carbocycles. The molecule has 0 atom stereocenters. The predicted molar refractivity (Wildman–Crippen MR) is 130 cm³/mol. The van der Waals surface area contributed by atoms with Crippen LogP contribution in [-0.4, -0.2) is 49.1 Å². The van der Waals surface area contributed by atoms with E-state index in [4.69, 9.17) is 27.8 Å². The summed E-state index contributed by atoms with van der Waals surface area (Å²) >= 11 is 5.68. The van der Waals surface area contributed by atoms with Crippen molar-refractivity contribution >= 4 is 23.7 Å². The monoisotopic (exact) mass is 474 g/mol. The van der Waals surface area contributed by atoms with Crippen molar-refractivity contribution in [3.05, 3.63) is 50.1 Å². The van der Waals surface area contributed by atoms with Crippen LogP contribution in [0.2, 0.25) is 0 Å². The fourth-order valence-electron chi connectivity index (χ4n) is 3.57. The predicted octanol–water partition coefficient (Wildman–Crippen LogP) is 1.84. The number of nitrogens with zero attached hydrogens (tertiary/aromatic N) is 6. The molecule has 33 heavy (non-hydrogen) atoms. The number of unbranched alkanes of at least 4 members (excludes halogenated alkanes) is 1. The SMILES string of the molecule is CCCCn1c(N)c(N(CCOC)Cn2nc(-c3ccncc3)n(CC)c2=S)c(=O)[nH]c1=O. The molecule has 178 valence electrons. The van der Waals surface area contributed by atoms with Crippen LogP contribution >= 0.6 is 12.2 Å². The first-order valence-corrected chi connectivity index (χ1v) is 11.3. The number of anilines is 2. The topological polar surface area (TPSA) is 129 Å². The maximum Gasteiger partial charge on any atom is 0.330 e. The van der Waals surface area contributed by atoms with Gasteiger partial charge in [-0.2, -0.15) is 0 Å². The van der Waals surface area contributed by atoms with E-state index in [1.165, 1.54) is 4.57 Å². The number of methoxy groups -OCH3 is 1. The minimum absolute atomic E-state index is 0.115. The number of ether oxygens (including phenoxy) is 1. The zero-order valence-electron chi connectivity index (χ0n) is 19.2. The zero-order valence-corrected chi connectivity index (χ0v) is 20.0. The average Bonchev–Trinajstić information content (AvgIpc) is 3.12. The van der Waals surface area contributed by atoms with Gasteiger partial charge in [0, 0.05) is 44.7 Å². The van der Waals surface area contributed by atoms with Gasteiger partial charge in [-0.05, 0) is 37.7 Å². The molecule has 0 aliphatic heterocycles. The molecular formula is C21H30N8O3S. The third kappa shape index (κ3) is 5.22. The summed E-state index contributed by atoms with van der Waals surface area (Å²) in [5.74, 6) is 0.815. The molecule has 3 N–H and O–H groups in total. The molecule has 0 saturated heterocycles. The molecule has 0 saturated carbocycles. The summed E-state index contributed by atoms with van der Waals surface area (Å²) in [5.41, 5.74) is 6.33. The Balaban J connectivity index is 2.08. The van der Waals surface area contributed by atoms with Crippen LogP contribution in [0.15, 0.2) is 34.1 Å². The number of pyridine rings is 1. The van der Waals surface area contributed by atoms with Gasteiger partial charge in [0.15, 0.2) is 10.6 Å². The molecule has 11 nitrogen and oxygen atoms in total. The number of nitrogens with two attached hydrogens (primary N) is 1. The Bertz CT molecular complexity index is 1250. The summed E-state index contributed by atoms with van der Waals surface area (Å²) in [6.07, 6.45) is 5.04. The molecule has 0 aromatic carbocycles. The number of hydrogen-bond acceptors (Lipinski definition) is 8. The number of hydrogen-bond donors (Lipinski definition) is 2. The molecule has 0 fully saturated rings. The molecule has 3 aromatic heterocycles. The van der Waals surface area contributed by atoms with Gasteiger partial charge in [-0.1, -0.05) is 13.3 Å². The smallest absolute Gasteiger partial charge is 0.330 e. The summed E-state index contributed by atoms with van der Waals surface area (Å²) < 4.78 is 10.7. The summed E-state index contributed by atoms with van der Waals surface area (Å²) in [6, 6.07) is 3.73. The molecule has 3 heterocycles. The van der Waals surface area contributed by atoms with Crippen molar-refractivity contribution in [2.45, 2.75) is 46.4 Å². The molecule has 3 rings (SSSR count). The van der Waals surface area contributed by atoms with Gasteiger partial charge >= 0.3 is 5.69 Å². The first kappa shape index (κ1) is 24.4. The Kier molecular flexibility index (Phi) is 8.17. The van der Waals surface area contributed by atoms with Crippen molar-refractivity contribution in [2.75, 3.05) is 30.9 Å². The Morgan fingerprint density at radius 2 is 1.94 bits per heavy atom. The molecule has 0 amide bonds. The van der Waals surface area contributed by atoms with Gasteiger partial charge < -0.3 is 19.9 Å². The zero-order chi connectivity index (χ0) is 24.0. The van der Waals surface area contributed by atoms with Crippen LogP contribution in [0.4, 0.5) is 11.5 Å². The van der Waals surface area contributed by atoms with Crippen LogP contribution < -0.4 is 21.9 Å². The Hall–Kier alpha value is -3.25. The summed E-state index contributed by atoms with van der Waals surface area (Å²) in [6.45, 7) is 5.89. The second kappa shape index (κ2) is 11.1. The van der Waals surface area contributed by atoms with Crippen LogP contribution in [0.1, 0.15) is 26.7 Å². The van der Waals surface area contributed by atoms with Gasteiger partial charge in [0.25, 0.3) is 5.56 Å². The number of H-pyrrole nitrogens is 1. The van der Waals surface area contributed by atoms with Gasteiger partial charge in [0.2, 0.25) is 0 Å². The number of nitrogens with one attached hydrogen (secondary N) is 1. The van der Waals surface area contributed by atoms with Gasteiger partial charge in [0.1, 0.15) is 18.2 Å². The fraction of sp³-hybridized carbons (Fsp3) is 0.476. The van der Waals surface area contributed by atoms with E-state index in [2.05, 4.69) is 9.97 Å². The van der Waals surface area contributed by atoms with E-state index in [0.29, 0.717) is 36.8 Å². The summed E-state index contributed by atoms with van der Waals surface area (Å²) in [4.78, 5) is 33.4. The summed E-state index contributed by atoms with van der Waals surface area (Å²) in [5, 5.41) is 4.72. The average molecular weight is 475 g/mol. The maximum atomic E-state index is 12.8. The van der Waals surface area contributed by atoms with E-state index in [1.807, 2.05) is 30.5 Å². The highest BCUT2D eigenvalue weighted by atomic mass is 32.1. The normalized spacial score (nSPS) is 11.1. The number of aromatic nitrogens is 6. The molecule has 0 unspecified atom stereocenters. The largest absolute Gasteiger partial charge is 0.383 e. The van der Waals surface area contributed by atoms with E-state index in [9.17, 15) is 9.59 Å². The molecule has 0 spiro atoms. The van der Waals surface area contributed by atoms with Gasteiger partial charge in [-0.3, -0.25) is 19.3 Å². The van der Waals surface area contributed by atoms with Gasteiger partial charge in [0.05, 0.1) is 6.61 Å². The lowest BCUT2D eigenvalue weighted by atomic mass is 10.2. The number of rotatable bonds is 11. The van der Waals surface area contributed by atoms with Crippen LogP contribution in [0, 0.1) is 4.77 Å². The molecule has 0 aliphatic rings. The van der Waals surface area contributed by atoms with E-state index in [0.717, 1.165) is 18.4 Å². The maximum absolute atomic E-state index is 12.8. The lowest BCUT2D eigenvalue weighted by Crippen LogP contribution is -2.40. The van der Waals surface area contributed by atoms with Crippen LogP contribution in [0.3, 0.4) is 0 Å². The van der Waals surface area contributed by atoms with Crippen molar-refractivity contribution in [1.29, 1.82) is 0 Å². The van der Waals surface area contributed by atoms with E-state index >= 15 is 0 Å². The highest BCUT2D eigenvalue weighted by Crippen LogP contribution is 2.21.